The molecule has 0 aromatic heterocycles. The maximum atomic E-state index is 12.2. The van der Waals surface area contributed by atoms with Crippen LogP contribution in [-0.4, -0.2) is 43.2 Å². The number of benzene rings is 1. The fourth-order valence-corrected chi connectivity index (χ4v) is 2.50. The van der Waals surface area contributed by atoms with Gasteiger partial charge in [-0.3, -0.25) is 4.79 Å². The zero-order chi connectivity index (χ0) is 12.3. The number of rotatable bonds is 3. The Kier molecular flexibility index (Phi) is 4.07. The van der Waals surface area contributed by atoms with E-state index in [1.807, 2.05) is 42.5 Å². The van der Waals surface area contributed by atoms with Gasteiger partial charge in [0.2, 0.25) is 0 Å². The third kappa shape index (κ3) is 2.82. The lowest BCUT2D eigenvalue weighted by molar-refractivity contribution is 0.0789. The molecule has 0 spiro atoms. The van der Waals surface area contributed by atoms with Crippen LogP contribution in [0.3, 0.4) is 0 Å². The van der Waals surface area contributed by atoms with Crippen molar-refractivity contribution >= 4 is 17.7 Å². The van der Waals surface area contributed by atoms with E-state index in [9.17, 15) is 4.79 Å². The fourth-order valence-electron chi connectivity index (χ4n) is 2.10. The van der Waals surface area contributed by atoms with Gasteiger partial charge in [0.15, 0.2) is 0 Å². The summed E-state index contributed by atoms with van der Waals surface area (Å²) in [5, 5.41) is 3.22. The molecule has 3 nitrogen and oxygen atoms in total. The molecule has 1 N–H and O–H groups in total. The molecule has 1 heterocycles. The average molecular weight is 250 g/mol. The Morgan fingerprint density at radius 3 is 2.65 bits per heavy atom. The van der Waals surface area contributed by atoms with Gasteiger partial charge in [-0.05, 0) is 44.0 Å². The number of carbonyl (C=O) groups excluding carboxylic acids is 1. The molecule has 1 amide bonds. The van der Waals surface area contributed by atoms with E-state index in [0.29, 0.717) is 6.04 Å². The standard InChI is InChI=1S/C13H18N2OS/c1-14-11-7-8-15(9-11)13(16)10-3-5-12(17-2)6-4-10/h3-6,11,14H,7-9H2,1-2H3. The minimum Gasteiger partial charge on any atom is -0.337 e. The van der Waals surface area contributed by atoms with E-state index < -0.39 is 0 Å². The van der Waals surface area contributed by atoms with Crippen LogP contribution in [0.2, 0.25) is 0 Å². The van der Waals surface area contributed by atoms with Gasteiger partial charge in [-0.2, -0.15) is 0 Å². The molecule has 2 rings (SSSR count). The lowest BCUT2D eigenvalue weighted by atomic mass is 10.2. The minimum absolute atomic E-state index is 0.149. The third-order valence-electron chi connectivity index (χ3n) is 3.22. The highest BCUT2D eigenvalue weighted by atomic mass is 32.2. The summed E-state index contributed by atoms with van der Waals surface area (Å²) in [5.74, 6) is 0.149. The molecule has 4 heteroatoms. The monoisotopic (exact) mass is 250 g/mol. The zero-order valence-corrected chi connectivity index (χ0v) is 11.1. The highest BCUT2D eigenvalue weighted by Gasteiger charge is 2.25. The first-order chi connectivity index (χ1) is 8.24. The minimum atomic E-state index is 0.149. The van der Waals surface area contributed by atoms with Crippen molar-refractivity contribution in [1.29, 1.82) is 0 Å². The van der Waals surface area contributed by atoms with E-state index in [2.05, 4.69) is 5.32 Å². The molecule has 1 aliphatic rings. The molecule has 1 fully saturated rings. The second kappa shape index (κ2) is 5.56. The largest absolute Gasteiger partial charge is 0.337 e. The van der Waals surface area contributed by atoms with E-state index in [4.69, 9.17) is 0 Å². The van der Waals surface area contributed by atoms with Crippen molar-refractivity contribution in [2.45, 2.75) is 17.4 Å². The molecule has 1 atom stereocenters. The SMILES string of the molecule is CNC1CCN(C(=O)c2ccc(SC)cc2)C1. The number of nitrogens with one attached hydrogen (secondary N) is 1. The van der Waals surface area contributed by atoms with E-state index in [1.54, 1.807) is 11.8 Å². The van der Waals surface area contributed by atoms with Crippen molar-refractivity contribution in [3.05, 3.63) is 29.8 Å². The Labute approximate surface area is 107 Å². The van der Waals surface area contributed by atoms with Gasteiger partial charge in [0.25, 0.3) is 5.91 Å². The van der Waals surface area contributed by atoms with Gasteiger partial charge in [-0.25, -0.2) is 0 Å². The molecule has 17 heavy (non-hydrogen) atoms. The van der Waals surface area contributed by atoms with Crippen molar-refractivity contribution in [1.82, 2.24) is 10.2 Å². The summed E-state index contributed by atoms with van der Waals surface area (Å²) in [7, 11) is 1.95. The summed E-state index contributed by atoms with van der Waals surface area (Å²) in [4.78, 5) is 15.3. The molecular formula is C13H18N2OS. The molecule has 0 aliphatic carbocycles. The van der Waals surface area contributed by atoms with Crippen molar-refractivity contribution in [2.75, 3.05) is 26.4 Å². The topological polar surface area (TPSA) is 32.3 Å². The van der Waals surface area contributed by atoms with Crippen molar-refractivity contribution in [3.8, 4) is 0 Å². The first-order valence-corrected chi connectivity index (χ1v) is 7.07. The Bertz CT molecular complexity index is 391. The van der Waals surface area contributed by atoms with Crippen LogP contribution in [0.5, 0.6) is 0 Å². The number of likely N-dealkylation sites (N-methyl/N-ethyl adjacent to an activating group) is 1. The highest BCUT2D eigenvalue weighted by molar-refractivity contribution is 7.98. The van der Waals surface area contributed by atoms with Crippen molar-refractivity contribution in [3.63, 3.8) is 0 Å². The lowest BCUT2D eigenvalue weighted by Crippen LogP contribution is -2.33. The molecular weight excluding hydrogens is 232 g/mol. The van der Waals surface area contributed by atoms with Gasteiger partial charge in [0.05, 0.1) is 0 Å². The van der Waals surface area contributed by atoms with Crippen LogP contribution in [0.1, 0.15) is 16.8 Å². The summed E-state index contributed by atoms with van der Waals surface area (Å²) in [6, 6.07) is 8.29. The van der Waals surface area contributed by atoms with E-state index in [-0.39, 0.29) is 5.91 Å². The normalized spacial score (nSPS) is 19.6. The van der Waals surface area contributed by atoms with Gasteiger partial charge < -0.3 is 10.2 Å². The number of likely N-dealkylation sites (tertiary alicyclic amines) is 1. The molecule has 1 aromatic carbocycles. The first kappa shape index (κ1) is 12.5. The molecule has 0 saturated carbocycles. The maximum absolute atomic E-state index is 12.2. The number of hydrogen-bond acceptors (Lipinski definition) is 3. The van der Waals surface area contributed by atoms with Crippen LogP contribution in [0.25, 0.3) is 0 Å². The van der Waals surface area contributed by atoms with Crippen LogP contribution in [0, 0.1) is 0 Å². The Hall–Kier alpha value is -1.00. The second-order valence-corrected chi connectivity index (χ2v) is 5.13. The fraction of sp³-hybridized carbons (Fsp3) is 0.462. The summed E-state index contributed by atoms with van der Waals surface area (Å²) in [5.41, 5.74) is 0.791. The van der Waals surface area contributed by atoms with Gasteiger partial charge in [0, 0.05) is 29.6 Å². The smallest absolute Gasteiger partial charge is 0.253 e. The van der Waals surface area contributed by atoms with E-state index in [0.717, 1.165) is 25.1 Å². The maximum Gasteiger partial charge on any atom is 0.253 e. The van der Waals surface area contributed by atoms with Gasteiger partial charge in [-0.15, -0.1) is 11.8 Å². The molecule has 1 unspecified atom stereocenters. The first-order valence-electron chi connectivity index (χ1n) is 5.85. The summed E-state index contributed by atoms with van der Waals surface area (Å²) < 4.78 is 0. The third-order valence-corrected chi connectivity index (χ3v) is 3.96. The second-order valence-electron chi connectivity index (χ2n) is 4.25. The Balaban J connectivity index is 2.04. The molecule has 92 valence electrons. The number of thioether (sulfide) groups is 1. The summed E-state index contributed by atoms with van der Waals surface area (Å²) in [6.45, 7) is 1.67. The number of nitrogens with zero attached hydrogens (tertiary/aromatic N) is 1. The number of amides is 1. The molecule has 1 aliphatic heterocycles. The van der Waals surface area contributed by atoms with Crippen LogP contribution in [0.4, 0.5) is 0 Å². The predicted octanol–water partition coefficient (Wildman–Crippen LogP) is 1.84. The average Bonchev–Trinajstić information content (AvgIpc) is 2.87. The molecule has 1 aromatic rings. The van der Waals surface area contributed by atoms with E-state index in [1.165, 1.54) is 4.90 Å². The van der Waals surface area contributed by atoms with Gasteiger partial charge >= 0.3 is 0 Å². The van der Waals surface area contributed by atoms with Crippen LogP contribution in [-0.2, 0) is 0 Å². The van der Waals surface area contributed by atoms with E-state index >= 15 is 0 Å². The Morgan fingerprint density at radius 1 is 1.41 bits per heavy atom. The molecule has 0 bridgehead atoms. The van der Waals surface area contributed by atoms with Crippen molar-refractivity contribution in [2.24, 2.45) is 0 Å². The summed E-state index contributed by atoms with van der Waals surface area (Å²) in [6.07, 6.45) is 3.08. The quantitative estimate of drug-likeness (QED) is 0.831. The number of hydrogen-bond donors (Lipinski definition) is 1. The molecule has 0 radical (unpaired) electrons. The van der Waals surface area contributed by atoms with Gasteiger partial charge in [0.1, 0.15) is 0 Å². The zero-order valence-electron chi connectivity index (χ0n) is 10.3. The summed E-state index contributed by atoms with van der Waals surface area (Å²) >= 11 is 1.69. The highest BCUT2D eigenvalue weighted by Crippen LogP contribution is 2.17. The van der Waals surface area contributed by atoms with Crippen LogP contribution >= 0.6 is 11.8 Å². The van der Waals surface area contributed by atoms with Crippen molar-refractivity contribution < 1.29 is 4.79 Å². The van der Waals surface area contributed by atoms with Crippen LogP contribution in [0.15, 0.2) is 29.2 Å². The predicted molar refractivity (Wildman–Crippen MR) is 71.6 cm³/mol. The van der Waals surface area contributed by atoms with Crippen LogP contribution < -0.4 is 5.32 Å². The Morgan fingerprint density at radius 2 is 2.12 bits per heavy atom. The lowest BCUT2D eigenvalue weighted by Gasteiger charge is -2.16. The number of carbonyl (C=O) groups is 1. The van der Waals surface area contributed by atoms with Gasteiger partial charge in [-0.1, -0.05) is 0 Å². The molecule has 1 saturated heterocycles.